The Bertz CT molecular complexity index is 697. The molecular weight excluding hydrogens is 330 g/mol. The summed E-state index contributed by atoms with van der Waals surface area (Å²) in [5, 5.41) is 12.2. The highest BCUT2D eigenvalue weighted by molar-refractivity contribution is 7.98. The molecule has 24 heavy (non-hydrogen) atoms. The second-order valence-electron chi connectivity index (χ2n) is 4.79. The van der Waals surface area contributed by atoms with Gasteiger partial charge in [0.15, 0.2) is 5.69 Å². The summed E-state index contributed by atoms with van der Waals surface area (Å²) in [7, 11) is 1.26. The number of aromatic hydroxyl groups is 1. The minimum Gasteiger partial charge on any atom is -0.505 e. The highest BCUT2D eigenvalue weighted by Gasteiger charge is 2.24. The normalized spacial score (nSPS) is 11.5. The van der Waals surface area contributed by atoms with Crippen molar-refractivity contribution >= 4 is 23.6 Å². The van der Waals surface area contributed by atoms with Gasteiger partial charge < -0.3 is 15.2 Å². The van der Waals surface area contributed by atoms with Gasteiger partial charge in [-0.25, -0.2) is 9.78 Å². The monoisotopic (exact) mass is 347 g/mol. The zero-order valence-corrected chi connectivity index (χ0v) is 13.8. The number of ether oxygens (including phenoxy) is 1. The van der Waals surface area contributed by atoms with Gasteiger partial charge in [-0.3, -0.25) is 9.78 Å². The number of pyridine rings is 2. The van der Waals surface area contributed by atoms with E-state index >= 15 is 0 Å². The van der Waals surface area contributed by atoms with Gasteiger partial charge in [0.2, 0.25) is 0 Å². The van der Waals surface area contributed by atoms with Crippen LogP contribution >= 0.6 is 11.8 Å². The van der Waals surface area contributed by atoms with Gasteiger partial charge in [0.25, 0.3) is 5.91 Å². The molecule has 8 heteroatoms. The van der Waals surface area contributed by atoms with Crippen molar-refractivity contribution in [2.24, 2.45) is 0 Å². The Morgan fingerprint density at radius 1 is 1.29 bits per heavy atom. The van der Waals surface area contributed by atoms with E-state index in [2.05, 4.69) is 15.3 Å². The Balaban J connectivity index is 1.97. The zero-order chi connectivity index (χ0) is 17.4. The van der Waals surface area contributed by atoms with E-state index < -0.39 is 17.9 Å². The highest BCUT2D eigenvalue weighted by atomic mass is 32.2. The maximum Gasteiger partial charge on any atom is 0.329 e. The fraction of sp³-hybridized carbons (Fsp3) is 0.250. The molecule has 0 unspecified atom stereocenters. The van der Waals surface area contributed by atoms with Crippen LogP contribution in [0.3, 0.4) is 0 Å². The second kappa shape index (κ2) is 8.88. The lowest BCUT2D eigenvalue weighted by molar-refractivity contribution is -0.142. The molecule has 0 aliphatic rings. The quantitative estimate of drug-likeness (QED) is 0.730. The molecule has 0 aliphatic carbocycles. The standard InChI is InChI=1S/C16H17N3O4S/c1-23-16(22)12(10-24-9-11-4-7-17-8-5-11)19-15(21)14-13(20)3-2-6-18-14/h2-8,12,20H,9-10H2,1H3,(H,19,21)/t12-/m0/s1. The lowest BCUT2D eigenvalue weighted by atomic mass is 10.2. The summed E-state index contributed by atoms with van der Waals surface area (Å²) in [4.78, 5) is 31.8. The Morgan fingerprint density at radius 3 is 2.71 bits per heavy atom. The van der Waals surface area contributed by atoms with E-state index in [0.717, 1.165) is 5.56 Å². The van der Waals surface area contributed by atoms with Crippen molar-refractivity contribution in [3.8, 4) is 5.75 Å². The maximum atomic E-state index is 12.2. The molecule has 1 atom stereocenters. The third kappa shape index (κ3) is 4.95. The van der Waals surface area contributed by atoms with Gasteiger partial charge in [-0.2, -0.15) is 11.8 Å². The number of hydrogen-bond donors (Lipinski definition) is 2. The van der Waals surface area contributed by atoms with Gasteiger partial charge >= 0.3 is 5.97 Å². The topological polar surface area (TPSA) is 101 Å². The molecular formula is C16H17N3O4S. The minimum absolute atomic E-state index is 0.134. The summed E-state index contributed by atoms with van der Waals surface area (Å²) in [5.41, 5.74) is 0.929. The zero-order valence-electron chi connectivity index (χ0n) is 13.0. The van der Waals surface area contributed by atoms with Gasteiger partial charge in [-0.15, -0.1) is 0 Å². The molecule has 0 saturated heterocycles. The lowest BCUT2D eigenvalue weighted by Crippen LogP contribution is -2.43. The van der Waals surface area contributed by atoms with E-state index in [-0.39, 0.29) is 11.4 Å². The minimum atomic E-state index is -0.837. The van der Waals surface area contributed by atoms with Crippen molar-refractivity contribution in [3.63, 3.8) is 0 Å². The Labute approximate surface area is 143 Å². The molecule has 0 radical (unpaired) electrons. The summed E-state index contributed by atoms with van der Waals surface area (Å²) < 4.78 is 4.72. The van der Waals surface area contributed by atoms with Crippen LogP contribution in [-0.4, -0.2) is 45.9 Å². The van der Waals surface area contributed by atoms with Gasteiger partial charge in [0, 0.05) is 30.1 Å². The molecule has 126 valence electrons. The molecule has 2 heterocycles. The molecule has 2 aromatic heterocycles. The molecule has 2 N–H and O–H groups in total. The number of carbonyl (C=O) groups excluding carboxylic acids is 2. The maximum absolute atomic E-state index is 12.2. The van der Waals surface area contributed by atoms with Crippen molar-refractivity contribution in [3.05, 3.63) is 54.1 Å². The Kier molecular flexibility index (Phi) is 6.56. The van der Waals surface area contributed by atoms with Crippen LogP contribution in [0.4, 0.5) is 0 Å². The van der Waals surface area contributed by atoms with Crippen LogP contribution in [0.15, 0.2) is 42.9 Å². The molecule has 0 aliphatic heterocycles. The first kappa shape index (κ1) is 17.7. The third-order valence-corrected chi connectivity index (χ3v) is 4.20. The Hall–Kier alpha value is -2.61. The van der Waals surface area contributed by atoms with Gasteiger partial charge in [0.1, 0.15) is 11.8 Å². The van der Waals surface area contributed by atoms with E-state index in [9.17, 15) is 14.7 Å². The lowest BCUT2D eigenvalue weighted by Gasteiger charge is -2.16. The molecule has 0 saturated carbocycles. The summed E-state index contributed by atoms with van der Waals surface area (Å²) in [6, 6.07) is 5.78. The molecule has 0 aromatic carbocycles. The number of esters is 1. The number of nitrogens with zero attached hydrogens (tertiary/aromatic N) is 2. The number of nitrogens with one attached hydrogen (secondary N) is 1. The molecule has 0 spiro atoms. The van der Waals surface area contributed by atoms with E-state index in [4.69, 9.17) is 4.74 Å². The predicted octanol–water partition coefficient (Wildman–Crippen LogP) is 1.39. The Morgan fingerprint density at radius 2 is 2.04 bits per heavy atom. The average Bonchev–Trinajstić information content (AvgIpc) is 2.61. The number of aromatic nitrogens is 2. The predicted molar refractivity (Wildman–Crippen MR) is 89.6 cm³/mol. The van der Waals surface area contributed by atoms with Crippen molar-refractivity contribution in [1.29, 1.82) is 0 Å². The van der Waals surface area contributed by atoms with Crippen LogP contribution in [0.25, 0.3) is 0 Å². The average molecular weight is 347 g/mol. The van der Waals surface area contributed by atoms with Gasteiger partial charge in [-0.1, -0.05) is 0 Å². The number of methoxy groups -OCH3 is 1. The van der Waals surface area contributed by atoms with Crippen molar-refractivity contribution in [2.45, 2.75) is 11.8 Å². The number of amides is 1. The van der Waals surface area contributed by atoms with Crippen LogP contribution < -0.4 is 5.32 Å². The first-order valence-corrected chi connectivity index (χ1v) is 8.26. The fourth-order valence-corrected chi connectivity index (χ4v) is 2.88. The second-order valence-corrected chi connectivity index (χ2v) is 5.82. The fourth-order valence-electron chi connectivity index (χ4n) is 1.88. The van der Waals surface area contributed by atoms with Crippen LogP contribution in [0.2, 0.25) is 0 Å². The van der Waals surface area contributed by atoms with E-state index in [0.29, 0.717) is 11.5 Å². The van der Waals surface area contributed by atoms with E-state index in [1.54, 1.807) is 12.4 Å². The SMILES string of the molecule is COC(=O)[C@H](CSCc1ccncc1)NC(=O)c1ncccc1O. The first-order valence-electron chi connectivity index (χ1n) is 7.11. The molecule has 0 fully saturated rings. The number of rotatable bonds is 7. The molecule has 1 amide bonds. The first-order chi connectivity index (χ1) is 11.6. The summed E-state index contributed by atoms with van der Waals surface area (Å²) in [5.74, 6) is -0.438. The summed E-state index contributed by atoms with van der Waals surface area (Å²) in [6.07, 6.45) is 4.78. The van der Waals surface area contributed by atoms with E-state index in [1.165, 1.54) is 37.2 Å². The van der Waals surface area contributed by atoms with Gasteiger partial charge in [0.05, 0.1) is 7.11 Å². The molecule has 2 aromatic rings. The van der Waals surface area contributed by atoms with Gasteiger partial charge in [-0.05, 0) is 29.8 Å². The molecule has 2 rings (SSSR count). The number of carbonyl (C=O) groups is 2. The number of thioether (sulfide) groups is 1. The van der Waals surface area contributed by atoms with Crippen LogP contribution in [0, 0.1) is 0 Å². The van der Waals surface area contributed by atoms with Crippen LogP contribution in [-0.2, 0) is 15.3 Å². The third-order valence-electron chi connectivity index (χ3n) is 3.10. The molecule has 0 bridgehead atoms. The summed E-state index contributed by atoms with van der Waals surface area (Å²) >= 11 is 1.47. The van der Waals surface area contributed by atoms with Crippen molar-refractivity contribution < 1.29 is 19.4 Å². The highest BCUT2D eigenvalue weighted by Crippen LogP contribution is 2.15. The van der Waals surface area contributed by atoms with Crippen molar-refractivity contribution in [1.82, 2.24) is 15.3 Å². The van der Waals surface area contributed by atoms with Crippen LogP contribution in [0.1, 0.15) is 16.1 Å². The summed E-state index contributed by atoms with van der Waals surface area (Å²) in [6.45, 7) is 0. The molecule has 7 nitrogen and oxygen atoms in total. The van der Waals surface area contributed by atoms with Crippen molar-refractivity contribution in [2.75, 3.05) is 12.9 Å². The number of hydrogen-bond acceptors (Lipinski definition) is 7. The van der Waals surface area contributed by atoms with Crippen LogP contribution in [0.5, 0.6) is 5.75 Å². The smallest absolute Gasteiger partial charge is 0.329 e. The van der Waals surface area contributed by atoms with E-state index in [1.807, 2.05) is 12.1 Å². The largest absolute Gasteiger partial charge is 0.505 e.